The van der Waals surface area contributed by atoms with Crippen molar-refractivity contribution in [2.45, 2.75) is 64.3 Å². The summed E-state index contributed by atoms with van der Waals surface area (Å²) in [6.07, 6.45) is 7.90. The maximum Gasteiger partial charge on any atom is 0.308 e. The lowest BCUT2D eigenvalue weighted by molar-refractivity contribution is -0.145. The van der Waals surface area contributed by atoms with Crippen LogP contribution in [0.2, 0.25) is 0 Å². The summed E-state index contributed by atoms with van der Waals surface area (Å²) in [5, 5.41) is 3.07. The first kappa shape index (κ1) is 15.0. The molecule has 0 aromatic carbocycles. The summed E-state index contributed by atoms with van der Waals surface area (Å²) in [6, 6.07) is 0.341. The number of nitrogens with one attached hydrogen (secondary N) is 1. The second-order valence-electron chi connectivity index (χ2n) is 5.22. The van der Waals surface area contributed by atoms with Gasteiger partial charge in [0.25, 0.3) is 0 Å². The van der Waals surface area contributed by atoms with Crippen LogP contribution in [0.25, 0.3) is 0 Å². The predicted octanol–water partition coefficient (Wildman–Crippen LogP) is 2.41. The van der Waals surface area contributed by atoms with Gasteiger partial charge in [0.05, 0.1) is 13.0 Å². The van der Waals surface area contributed by atoms with E-state index in [0.717, 1.165) is 44.9 Å². The SMILES string of the molecule is COC(=O)C(C)CCCCC1CCCCC(=O)N1. The van der Waals surface area contributed by atoms with Gasteiger partial charge in [0, 0.05) is 12.5 Å². The van der Waals surface area contributed by atoms with Crippen LogP contribution in [0, 0.1) is 5.92 Å². The molecule has 0 aromatic rings. The van der Waals surface area contributed by atoms with Gasteiger partial charge in [-0.3, -0.25) is 9.59 Å². The Morgan fingerprint density at radius 3 is 2.94 bits per heavy atom. The molecule has 1 rings (SSSR count). The highest BCUT2D eigenvalue weighted by molar-refractivity contribution is 5.76. The molecule has 1 saturated heterocycles. The van der Waals surface area contributed by atoms with Gasteiger partial charge in [-0.1, -0.05) is 26.2 Å². The van der Waals surface area contributed by atoms with Crippen molar-refractivity contribution in [3.05, 3.63) is 0 Å². The number of carbonyl (C=O) groups excluding carboxylic acids is 2. The Morgan fingerprint density at radius 1 is 1.44 bits per heavy atom. The summed E-state index contributed by atoms with van der Waals surface area (Å²) < 4.78 is 4.69. The van der Waals surface area contributed by atoms with Crippen LogP contribution in [0.3, 0.4) is 0 Å². The molecule has 1 fully saturated rings. The van der Waals surface area contributed by atoms with E-state index in [1.165, 1.54) is 7.11 Å². The molecule has 4 nitrogen and oxygen atoms in total. The summed E-state index contributed by atoms with van der Waals surface area (Å²) in [5.41, 5.74) is 0. The third-order valence-electron chi connectivity index (χ3n) is 3.61. The largest absolute Gasteiger partial charge is 0.469 e. The average molecular weight is 255 g/mol. The number of methoxy groups -OCH3 is 1. The van der Waals surface area contributed by atoms with E-state index in [0.29, 0.717) is 12.5 Å². The smallest absolute Gasteiger partial charge is 0.308 e. The lowest BCUT2D eigenvalue weighted by Gasteiger charge is -2.16. The summed E-state index contributed by atoms with van der Waals surface area (Å²) >= 11 is 0. The lowest BCUT2D eigenvalue weighted by atomic mass is 9.99. The standard InChI is InChI=1S/C14H25NO3/c1-11(14(17)18-2)7-3-4-8-12-9-5-6-10-13(16)15-12/h11-12H,3-10H2,1-2H3,(H,15,16). The van der Waals surface area contributed by atoms with Gasteiger partial charge in [-0.25, -0.2) is 0 Å². The molecule has 0 bridgehead atoms. The molecule has 1 aliphatic rings. The minimum atomic E-state index is -0.127. The Hall–Kier alpha value is -1.06. The number of amides is 1. The van der Waals surface area contributed by atoms with E-state index in [1.54, 1.807) is 0 Å². The monoisotopic (exact) mass is 255 g/mol. The van der Waals surface area contributed by atoms with Crippen LogP contribution in [0.15, 0.2) is 0 Å². The van der Waals surface area contributed by atoms with Gasteiger partial charge in [0.15, 0.2) is 0 Å². The van der Waals surface area contributed by atoms with Crippen LogP contribution >= 0.6 is 0 Å². The van der Waals surface area contributed by atoms with Crippen molar-refractivity contribution in [3.63, 3.8) is 0 Å². The molecule has 18 heavy (non-hydrogen) atoms. The molecule has 1 heterocycles. The number of ether oxygens (including phenoxy) is 1. The van der Waals surface area contributed by atoms with Crippen molar-refractivity contribution >= 4 is 11.9 Å². The molecule has 1 N–H and O–H groups in total. The highest BCUT2D eigenvalue weighted by atomic mass is 16.5. The molecule has 104 valence electrons. The molecule has 1 aliphatic heterocycles. The van der Waals surface area contributed by atoms with Gasteiger partial charge < -0.3 is 10.1 Å². The Kier molecular flexibility index (Phi) is 6.76. The van der Waals surface area contributed by atoms with Gasteiger partial charge in [0.1, 0.15) is 0 Å². The molecular formula is C14H25NO3. The molecule has 0 aliphatic carbocycles. The van der Waals surface area contributed by atoms with Crippen LogP contribution in [-0.2, 0) is 14.3 Å². The van der Waals surface area contributed by atoms with Gasteiger partial charge >= 0.3 is 5.97 Å². The van der Waals surface area contributed by atoms with Crippen molar-refractivity contribution in [1.82, 2.24) is 5.32 Å². The van der Waals surface area contributed by atoms with Gasteiger partial charge in [0.2, 0.25) is 5.91 Å². The van der Waals surface area contributed by atoms with E-state index < -0.39 is 0 Å². The van der Waals surface area contributed by atoms with E-state index in [-0.39, 0.29) is 17.8 Å². The summed E-state index contributed by atoms with van der Waals surface area (Å²) in [4.78, 5) is 22.6. The van der Waals surface area contributed by atoms with Crippen LogP contribution in [-0.4, -0.2) is 25.0 Å². The number of esters is 1. The lowest BCUT2D eigenvalue weighted by Crippen LogP contribution is -2.32. The van der Waals surface area contributed by atoms with Crippen LogP contribution in [0.4, 0.5) is 0 Å². The van der Waals surface area contributed by atoms with E-state index in [1.807, 2.05) is 6.92 Å². The summed E-state index contributed by atoms with van der Waals surface area (Å²) in [6.45, 7) is 1.90. The van der Waals surface area contributed by atoms with Crippen molar-refractivity contribution in [2.75, 3.05) is 7.11 Å². The molecule has 0 aromatic heterocycles. The quantitative estimate of drug-likeness (QED) is 0.586. The maximum atomic E-state index is 11.4. The fourth-order valence-corrected chi connectivity index (χ4v) is 2.43. The summed E-state index contributed by atoms with van der Waals surface area (Å²) in [5.74, 6) is 0.0527. The van der Waals surface area contributed by atoms with E-state index in [9.17, 15) is 9.59 Å². The Bertz CT molecular complexity index is 278. The van der Waals surface area contributed by atoms with Crippen molar-refractivity contribution in [2.24, 2.45) is 5.92 Å². The number of unbranched alkanes of at least 4 members (excludes halogenated alkanes) is 1. The second kappa shape index (κ2) is 8.11. The number of rotatable bonds is 6. The molecule has 0 radical (unpaired) electrons. The molecule has 2 atom stereocenters. The number of hydrogen-bond acceptors (Lipinski definition) is 3. The van der Waals surface area contributed by atoms with Crippen LogP contribution in [0.1, 0.15) is 58.3 Å². The van der Waals surface area contributed by atoms with Gasteiger partial charge in [-0.15, -0.1) is 0 Å². The first-order chi connectivity index (χ1) is 8.63. The molecule has 2 unspecified atom stereocenters. The molecular weight excluding hydrogens is 230 g/mol. The van der Waals surface area contributed by atoms with Crippen molar-refractivity contribution in [1.29, 1.82) is 0 Å². The first-order valence-electron chi connectivity index (χ1n) is 7.00. The zero-order valence-corrected chi connectivity index (χ0v) is 11.5. The molecule has 1 amide bonds. The Balaban J connectivity index is 2.13. The van der Waals surface area contributed by atoms with E-state index in [4.69, 9.17) is 4.74 Å². The van der Waals surface area contributed by atoms with Gasteiger partial charge in [-0.2, -0.15) is 0 Å². The van der Waals surface area contributed by atoms with Crippen LogP contribution in [0.5, 0.6) is 0 Å². The highest BCUT2D eigenvalue weighted by Crippen LogP contribution is 2.16. The normalized spacial score (nSPS) is 21.9. The van der Waals surface area contributed by atoms with Crippen molar-refractivity contribution < 1.29 is 14.3 Å². The molecule has 0 saturated carbocycles. The Labute approximate surface area is 109 Å². The number of carbonyl (C=O) groups is 2. The maximum absolute atomic E-state index is 11.4. The zero-order chi connectivity index (χ0) is 13.4. The highest BCUT2D eigenvalue weighted by Gasteiger charge is 2.16. The second-order valence-corrected chi connectivity index (χ2v) is 5.22. The summed E-state index contributed by atoms with van der Waals surface area (Å²) in [7, 11) is 1.43. The Morgan fingerprint density at radius 2 is 2.22 bits per heavy atom. The predicted molar refractivity (Wildman–Crippen MR) is 70.0 cm³/mol. The zero-order valence-electron chi connectivity index (χ0n) is 11.5. The minimum absolute atomic E-state index is 0.0151. The van der Waals surface area contributed by atoms with E-state index >= 15 is 0 Å². The van der Waals surface area contributed by atoms with Crippen LogP contribution < -0.4 is 5.32 Å². The fourth-order valence-electron chi connectivity index (χ4n) is 2.43. The van der Waals surface area contributed by atoms with Gasteiger partial charge in [-0.05, 0) is 25.7 Å². The third-order valence-corrected chi connectivity index (χ3v) is 3.61. The topological polar surface area (TPSA) is 55.4 Å². The fraction of sp³-hybridized carbons (Fsp3) is 0.857. The molecule has 4 heteroatoms. The minimum Gasteiger partial charge on any atom is -0.469 e. The number of hydrogen-bond donors (Lipinski definition) is 1. The first-order valence-corrected chi connectivity index (χ1v) is 7.00. The average Bonchev–Trinajstić information content (AvgIpc) is 2.57. The van der Waals surface area contributed by atoms with Crippen molar-refractivity contribution in [3.8, 4) is 0 Å². The van der Waals surface area contributed by atoms with E-state index in [2.05, 4.69) is 5.32 Å². The third kappa shape index (κ3) is 5.52. The molecule has 0 spiro atoms.